The molecule has 3 rings (SSSR count). The Labute approximate surface area is 120 Å². The van der Waals surface area contributed by atoms with Gasteiger partial charge in [-0.25, -0.2) is 14.8 Å². The Bertz CT molecular complexity index is 501. The number of ether oxygens (including phenoxy) is 2. The number of carbonyl (C=O) groups is 1. The SMILES string of the molecule is O=C(O)N1C[C@H]2COC[C@@H](C1)C2Oc1cc(Cl)ncn1. The van der Waals surface area contributed by atoms with Crippen molar-refractivity contribution in [1.82, 2.24) is 14.9 Å². The number of nitrogens with zero attached hydrogens (tertiary/aromatic N) is 3. The lowest BCUT2D eigenvalue weighted by Gasteiger charge is -2.45. The molecule has 8 heteroatoms. The summed E-state index contributed by atoms with van der Waals surface area (Å²) < 4.78 is 11.4. The fourth-order valence-corrected chi connectivity index (χ4v) is 2.91. The van der Waals surface area contributed by atoms with Gasteiger partial charge in [0, 0.05) is 31.0 Å². The summed E-state index contributed by atoms with van der Waals surface area (Å²) in [4.78, 5) is 20.4. The predicted octanol–water partition coefficient (Wildman–Crippen LogP) is 1.13. The van der Waals surface area contributed by atoms with Crippen LogP contribution in [0.3, 0.4) is 0 Å². The molecule has 2 aliphatic heterocycles. The highest BCUT2D eigenvalue weighted by atomic mass is 35.5. The van der Waals surface area contributed by atoms with Gasteiger partial charge in [-0.05, 0) is 0 Å². The van der Waals surface area contributed by atoms with Crippen molar-refractivity contribution in [1.29, 1.82) is 0 Å². The summed E-state index contributed by atoms with van der Waals surface area (Å²) in [6.45, 7) is 1.80. The van der Waals surface area contributed by atoms with Crippen LogP contribution in [0, 0.1) is 11.8 Å². The number of fused-ring (bicyclic) bond motifs is 2. The first kappa shape index (κ1) is 13.4. The van der Waals surface area contributed by atoms with E-state index in [0.717, 1.165) is 0 Å². The molecule has 2 bridgehead atoms. The summed E-state index contributed by atoms with van der Waals surface area (Å²) in [6, 6.07) is 1.56. The van der Waals surface area contributed by atoms with Crippen molar-refractivity contribution >= 4 is 17.7 Å². The molecule has 1 unspecified atom stereocenters. The molecule has 1 aromatic heterocycles. The number of carboxylic acid groups (broad SMARTS) is 1. The van der Waals surface area contributed by atoms with Gasteiger partial charge in [-0.1, -0.05) is 11.6 Å². The fraction of sp³-hybridized carbons (Fsp3) is 0.583. The van der Waals surface area contributed by atoms with Gasteiger partial charge in [0.25, 0.3) is 0 Å². The number of hydrogen-bond donors (Lipinski definition) is 1. The van der Waals surface area contributed by atoms with Crippen LogP contribution < -0.4 is 4.74 Å². The van der Waals surface area contributed by atoms with E-state index in [-0.39, 0.29) is 17.9 Å². The minimum atomic E-state index is -0.898. The van der Waals surface area contributed by atoms with Crippen LogP contribution in [-0.2, 0) is 4.74 Å². The number of aromatic nitrogens is 2. The normalized spacial score (nSPS) is 29.1. The molecule has 0 aliphatic carbocycles. The lowest BCUT2D eigenvalue weighted by molar-refractivity contribution is -0.108. The largest absolute Gasteiger partial charge is 0.473 e. The molecule has 1 N–H and O–H groups in total. The first-order valence-corrected chi connectivity index (χ1v) is 6.71. The monoisotopic (exact) mass is 299 g/mol. The Morgan fingerprint density at radius 2 is 2.10 bits per heavy atom. The van der Waals surface area contributed by atoms with Crippen molar-refractivity contribution in [3.63, 3.8) is 0 Å². The third-order valence-corrected chi connectivity index (χ3v) is 3.85. The van der Waals surface area contributed by atoms with Gasteiger partial charge < -0.3 is 19.5 Å². The third kappa shape index (κ3) is 2.64. The molecule has 0 saturated carbocycles. The molecule has 2 fully saturated rings. The van der Waals surface area contributed by atoms with Crippen LogP contribution in [-0.4, -0.2) is 58.5 Å². The summed E-state index contributed by atoms with van der Waals surface area (Å²) in [6.07, 6.45) is 0.340. The topological polar surface area (TPSA) is 84.8 Å². The average molecular weight is 300 g/mol. The summed E-state index contributed by atoms with van der Waals surface area (Å²) in [5, 5.41) is 9.43. The molecule has 1 aromatic rings. The Balaban J connectivity index is 1.75. The van der Waals surface area contributed by atoms with Crippen LogP contribution in [0.2, 0.25) is 5.15 Å². The highest BCUT2D eigenvalue weighted by Crippen LogP contribution is 2.31. The van der Waals surface area contributed by atoms with E-state index in [2.05, 4.69) is 9.97 Å². The van der Waals surface area contributed by atoms with Crippen molar-refractivity contribution < 1.29 is 19.4 Å². The summed E-state index contributed by atoms with van der Waals surface area (Å²) >= 11 is 5.81. The Kier molecular flexibility index (Phi) is 3.62. The lowest BCUT2D eigenvalue weighted by Crippen LogP contribution is -2.58. The van der Waals surface area contributed by atoms with E-state index in [1.807, 2.05) is 0 Å². The molecule has 7 nitrogen and oxygen atoms in total. The number of amides is 1. The molecule has 2 saturated heterocycles. The van der Waals surface area contributed by atoms with Gasteiger partial charge in [-0.2, -0.15) is 0 Å². The number of halogens is 1. The van der Waals surface area contributed by atoms with E-state index in [9.17, 15) is 4.79 Å². The smallest absolute Gasteiger partial charge is 0.407 e. The zero-order chi connectivity index (χ0) is 14.1. The highest BCUT2D eigenvalue weighted by Gasteiger charge is 2.43. The second-order valence-corrected chi connectivity index (χ2v) is 5.39. The molecule has 20 heavy (non-hydrogen) atoms. The zero-order valence-corrected chi connectivity index (χ0v) is 11.4. The maximum atomic E-state index is 11.1. The molecule has 0 aromatic carbocycles. The highest BCUT2D eigenvalue weighted by molar-refractivity contribution is 6.29. The quantitative estimate of drug-likeness (QED) is 0.824. The van der Waals surface area contributed by atoms with Gasteiger partial charge in [0.2, 0.25) is 5.88 Å². The second-order valence-electron chi connectivity index (χ2n) is 5.01. The molecule has 1 amide bonds. The van der Waals surface area contributed by atoms with Gasteiger partial charge in [0.15, 0.2) is 0 Å². The molecular formula is C12H14ClN3O4. The Hall–Kier alpha value is -1.60. The van der Waals surface area contributed by atoms with E-state index in [0.29, 0.717) is 37.3 Å². The number of piperidine rings is 1. The van der Waals surface area contributed by atoms with Crippen molar-refractivity contribution in [3.8, 4) is 5.88 Å². The van der Waals surface area contributed by atoms with E-state index in [4.69, 9.17) is 26.2 Å². The fourth-order valence-electron chi connectivity index (χ4n) is 2.77. The van der Waals surface area contributed by atoms with Gasteiger partial charge in [-0.15, -0.1) is 0 Å². The summed E-state index contributed by atoms with van der Waals surface area (Å²) in [7, 11) is 0. The molecule has 2 aliphatic rings. The summed E-state index contributed by atoms with van der Waals surface area (Å²) in [5.74, 6) is 0.426. The number of rotatable bonds is 2. The predicted molar refractivity (Wildman–Crippen MR) is 68.9 cm³/mol. The molecule has 0 spiro atoms. The number of hydrogen-bond acceptors (Lipinski definition) is 5. The molecule has 108 valence electrons. The maximum absolute atomic E-state index is 11.1. The molecule has 3 atom stereocenters. The Morgan fingerprint density at radius 1 is 1.40 bits per heavy atom. The number of likely N-dealkylation sites (tertiary alicyclic amines) is 1. The van der Waals surface area contributed by atoms with Crippen molar-refractivity contribution in [3.05, 3.63) is 17.5 Å². The molecular weight excluding hydrogens is 286 g/mol. The molecule has 0 radical (unpaired) electrons. The second kappa shape index (κ2) is 5.41. The van der Waals surface area contributed by atoms with Gasteiger partial charge in [0.05, 0.1) is 13.2 Å². The molecule has 3 heterocycles. The van der Waals surface area contributed by atoms with Gasteiger partial charge in [-0.3, -0.25) is 0 Å². The Morgan fingerprint density at radius 3 is 2.70 bits per heavy atom. The van der Waals surface area contributed by atoms with Crippen molar-refractivity contribution in [2.75, 3.05) is 26.3 Å². The minimum Gasteiger partial charge on any atom is -0.473 e. The van der Waals surface area contributed by atoms with Crippen LogP contribution >= 0.6 is 11.6 Å². The van der Waals surface area contributed by atoms with E-state index < -0.39 is 6.09 Å². The van der Waals surface area contributed by atoms with E-state index >= 15 is 0 Å². The third-order valence-electron chi connectivity index (χ3n) is 3.64. The lowest BCUT2D eigenvalue weighted by atomic mass is 9.85. The van der Waals surface area contributed by atoms with Crippen LogP contribution in [0.25, 0.3) is 0 Å². The average Bonchev–Trinajstić information content (AvgIpc) is 2.38. The van der Waals surface area contributed by atoms with E-state index in [1.165, 1.54) is 11.2 Å². The van der Waals surface area contributed by atoms with Crippen LogP contribution in [0.15, 0.2) is 12.4 Å². The van der Waals surface area contributed by atoms with Crippen LogP contribution in [0.5, 0.6) is 5.88 Å². The van der Waals surface area contributed by atoms with Gasteiger partial charge in [0.1, 0.15) is 17.6 Å². The zero-order valence-electron chi connectivity index (χ0n) is 10.6. The van der Waals surface area contributed by atoms with Crippen molar-refractivity contribution in [2.24, 2.45) is 11.8 Å². The first-order valence-electron chi connectivity index (χ1n) is 6.33. The summed E-state index contributed by atoms with van der Waals surface area (Å²) in [5.41, 5.74) is 0. The van der Waals surface area contributed by atoms with Crippen molar-refractivity contribution in [2.45, 2.75) is 6.10 Å². The minimum absolute atomic E-state index is 0.00680. The van der Waals surface area contributed by atoms with Crippen LogP contribution in [0.1, 0.15) is 0 Å². The standard InChI is InChI=1S/C12H14ClN3O4/c13-9-1-10(15-6-14-9)20-11-7-2-16(12(17)18)3-8(11)5-19-4-7/h1,6-8,11H,2-5H2,(H,17,18)/t7-,8+,11?. The van der Waals surface area contributed by atoms with Crippen LogP contribution in [0.4, 0.5) is 4.79 Å². The first-order chi connectivity index (χ1) is 9.63. The van der Waals surface area contributed by atoms with Gasteiger partial charge >= 0.3 is 6.09 Å². The van der Waals surface area contributed by atoms with E-state index in [1.54, 1.807) is 6.07 Å². The maximum Gasteiger partial charge on any atom is 0.407 e.